The number of hydrogen-bond acceptors (Lipinski definition) is 5. The maximum Gasteiger partial charge on any atom is 0.211 e. The summed E-state index contributed by atoms with van der Waals surface area (Å²) in [6, 6.07) is 3.75. The van der Waals surface area contributed by atoms with Gasteiger partial charge >= 0.3 is 0 Å². The van der Waals surface area contributed by atoms with Crippen molar-refractivity contribution >= 4 is 10.0 Å². The van der Waals surface area contributed by atoms with Crippen molar-refractivity contribution in [3.8, 4) is 11.5 Å². The van der Waals surface area contributed by atoms with E-state index in [2.05, 4.69) is 11.5 Å². The van der Waals surface area contributed by atoms with E-state index in [0.29, 0.717) is 44.9 Å². The zero-order chi connectivity index (χ0) is 17.0. The molecule has 0 amide bonds. The number of sulfonamides is 1. The standard InChI is InChI=1S/C16H24N2O4S/c1-4-5-13-10-14(16(19)15(11-13)22-2)12-17-6-8-18(9-7-17)23(3,20)21/h4,10-11,19H,1,5-9,12H2,2-3H3. The fourth-order valence-corrected chi connectivity index (χ4v) is 3.58. The number of ether oxygens (including phenoxy) is 1. The molecule has 128 valence electrons. The molecule has 1 saturated heterocycles. The van der Waals surface area contributed by atoms with Crippen LogP contribution in [-0.4, -0.2) is 62.3 Å². The molecule has 0 radical (unpaired) electrons. The molecule has 1 aromatic carbocycles. The van der Waals surface area contributed by atoms with Gasteiger partial charge in [-0.15, -0.1) is 6.58 Å². The van der Waals surface area contributed by atoms with Gasteiger partial charge in [0.25, 0.3) is 0 Å². The Bertz CT molecular complexity index is 665. The molecule has 0 unspecified atom stereocenters. The zero-order valence-electron chi connectivity index (χ0n) is 13.7. The van der Waals surface area contributed by atoms with Crippen molar-refractivity contribution in [1.29, 1.82) is 0 Å². The summed E-state index contributed by atoms with van der Waals surface area (Å²) in [4.78, 5) is 2.13. The Morgan fingerprint density at radius 1 is 1.30 bits per heavy atom. The summed E-state index contributed by atoms with van der Waals surface area (Å²) in [5, 5.41) is 10.3. The third kappa shape index (κ3) is 4.46. The lowest BCUT2D eigenvalue weighted by molar-refractivity contribution is 0.180. The molecule has 2 rings (SSSR count). The van der Waals surface area contributed by atoms with Gasteiger partial charge < -0.3 is 9.84 Å². The van der Waals surface area contributed by atoms with Gasteiger partial charge in [-0.3, -0.25) is 4.90 Å². The highest BCUT2D eigenvalue weighted by Gasteiger charge is 2.24. The molecule has 23 heavy (non-hydrogen) atoms. The van der Waals surface area contributed by atoms with Crippen molar-refractivity contribution in [1.82, 2.24) is 9.21 Å². The minimum absolute atomic E-state index is 0.144. The first-order valence-electron chi connectivity index (χ1n) is 7.52. The van der Waals surface area contributed by atoms with Crippen LogP contribution >= 0.6 is 0 Å². The van der Waals surface area contributed by atoms with Crippen molar-refractivity contribution in [2.24, 2.45) is 0 Å². The number of rotatable bonds is 6. The van der Waals surface area contributed by atoms with Gasteiger partial charge in [-0.25, -0.2) is 8.42 Å². The quantitative estimate of drug-likeness (QED) is 0.788. The first-order valence-corrected chi connectivity index (χ1v) is 9.37. The lowest BCUT2D eigenvalue weighted by Gasteiger charge is -2.33. The second-order valence-electron chi connectivity index (χ2n) is 5.74. The van der Waals surface area contributed by atoms with Gasteiger partial charge in [-0.1, -0.05) is 12.1 Å². The zero-order valence-corrected chi connectivity index (χ0v) is 14.5. The molecule has 0 aliphatic carbocycles. The van der Waals surface area contributed by atoms with E-state index in [1.165, 1.54) is 17.7 Å². The monoisotopic (exact) mass is 340 g/mol. The van der Waals surface area contributed by atoms with E-state index in [9.17, 15) is 13.5 Å². The Morgan fingerprint density at radius 3 is 2.48 bits per heavy atom. The van der Waals surface area contributed by atoms with Gasteiger partial charge in [0.05, 0.1) is 13.4 Å². The molecule has 7 heteroatoms. The Labute approximate surface area is 138 Å². The number of phenols is 1. The fourth-order valence-electron chi connectivity index (χ4n) is 2.75. The predicted octanol–water partition coefficient (Wildman–Crippen LogP) is 1.21. The second kappa shape index (κ2) is 7.33. The van der Waals surface area contributed by atoms with E-state index in [0.717, 1.165) is 11.1 Å². The van der Waals surface area contributed by atoms with Crippen molar-refractivity contribution < 1.29 is 18.3 Å². The topological polar surface area (TPSA) is 70.1 Å². The van der Waals surface area contributed by atoms with E-state index < -0.39 is 10.0 Å². The molecule has 0 aromatic heterocycles. The molecule has 6 nitrogen and oxygen atoms in total. The first kappa shape index (κ1) is 17.8. The van der Waals surface area contributed by atoms with Gasteiger partial charge in [0.2, 0.25) is 10.0 Å². The van der Waals surface area contributed by atoms with E-state index in [-0.39, 0.29) is 5.75 Å². The maximum absolute atomic E-state index is 11.5. The van der Waals surface area contributed by atoms with Crippen LogP contribution in [0.2, 0.25) is 0 Å². The van der Waals surface area contributed by atoms with E-state index >= 15 is 0 Å². The highest BCUT2D eigenvalue weighted by Crippen LogP contribution is 2.32. The Morgan fingerprint density at radius 2 is 1.96 bits per heavy atom. The van der Waals surface area contributed by atoms with Crippen molar-refractivity contribution in [3.63, 3.8) is 0 Å². The minimum atomic E-state index is -3.13. The van der Waals surface area contributed by atoms with Crippen LogP contribution in [0.3, 0.4) is 0 Å². The van der Waals surface area contributed by atoms with E-state index in [1.54, 1.807) is 6.08 Å². The average Bonchev–Trinajstić information content (AvgIpc) is 2.50. The van der Waals surface area contributed by atoms with Crippen LogP contribution in [-0.2, 0) is 23.0 Å². The lowest BCUT2D eigenvalue weighted by atomic mass is 10.1. The summed E-state index contributed by atoms with van der Waals surface area (Å²) in [5.74, 6) is 0.597. The summed E-state index contributed by atoms with van der Waals surface area (Å²) >= 11 is 0. The molecule has 1 N–H and O–H groups in total. The molecule has 1 aliphatic heterocycles. The smallest absolute Gasteiger partial charge is 0.211 e. The van der Waals surface area contributed by atoms with Gasteiger partial charge in [0.15, 0.2) is 11.5 Å². The lowest BCUT2D eigenvalue weighted by Crippen LogP contribution is -2.47. The number of phenolic OH excluding ortho intramolecular Hbond substituents is 1. The summed E-state index contributed by atoms with van der Waals surface area (Å²) in [5.41, 5.74) is 1.81. The molecule has 0 bridgehead atoms. The van der Waals surface area contributed by atoms with Crippen molar-refractivity contribution in [2.75, 3.05) is 39.5 Å². The third-order valence-electron chi connectivity index (χ3n) is 4.01. The van der Waals surface area contributed by atoms with Crippen molar-refractivity contribution in [2.45, 2.75) is 13.0 Å². The average molecular weight is 340 g/mol. The molecule has 1 aliphatic rings. The molecular weight excluding hydrogens is 316 g/mol. The molecule has 0 atom stereocenters. The number of hydrogen-bond donors (Lipinski definition) is 1. The van der Waals surface area contributed by atoms with Gasteiger partial charge in [0, 0.05) is 38.3 Å². The molecule has 0 spiro atoms. The number of methoxy groups -OCH3 is 1. The summed E-state index contributed by atoms with van der Waals surface area (Å²) in [6.45, 7) is 6.52. The SMILES string of the molecule is C=CCc1cc(CN2CCN(S(C)(=O)=O)CC2)c(O)c(OC)c1. The summed E-state index contributed by atoms with van der Waals surface area (Å²) in [6.07, 6.45) is 3.74. The number of nitrogens with zero attached hydrogens (tertiary/aromatic N) is 2. The predicted molar refractivity (Wildman–Crippen MR) is 90.3 cm³/mol. The number of piperazine rings is 1. The molecule has 1 fully saturated rings. The normalized spacial score (nSPS) is 17.1. The molecule has 1 aromatic rings. The fraction of sp³-hybridized carbons (Fsp3) is 0.500. The largest absolute Gasteiger partial charge is 0.504 e. The highest BCUT2D eigenvalue weighted by atomic mass is 32.2. The van der Waals surface area contributed by atoms with E-state index in [4.69, 9.17) is 4.74 Å². The van der Waals surface area contributed by atoms with Crippen LogP contribution in [0.5, 0.6) is 11.5 Å². The Hall–Kier alpha value is -1.57. The van der Waals surface area contributed by atoms with Gasteiger partial charge in [0.1, 0.15) is 0 Å². The first-order chi connectivity index (χ1) is 10.8. The highest BCUT2D eigenvalue weighted by molar-refractivity contribution is 7.88. The third-order valence-corrected chi connectivity index (χ3v) is 5.31. The van der Waals surface area contributed by atoms with Crippen LogP contribution in [0.15, 0.2) is 24.8 Å². The Kier molecular flexibility index (Phi) is 5.67. The second-order valence-corrected chi connectivity index (χ2v) is 7.72. The number of benzene rings is 1. The van der Waals surface area contributed by atoms with Crippen LogP contribution < -0.4 is 4.74 Å². The molecular formula is C16H24N2O4S. The maximum atomic E-state index is 11.5. The molecule has 1 heterocycles. The van der Waals surface area contributed by atoms with Crippen molar-refractivity contribution in [3.05, 3.63) is 35.9 Å². The summed E-state index contributed by atoms with van der Waals surface area (Å²) in [7, 11) is -1.60. The molecule has 0 saturated carbocycles. The van der Waals surface area contributed by atoms with Crippen LogP contribution in [0, 0.1) is 0 Å². The van der Waals surface area contributed by atoms with E-state index in [1.807, 2.05) is 12.1 Å². The van der Waals surface area contributed by atoms with Gasteiger partial charge in [-0.05, 0) is 18.1 Å². The summed E-state index contributed by atoms with van der Waals surface area (Å²) < 4.78 is 29.8. The van der Waals surface area contributed by atoms with Gasteiger partial charge in [-0.2, -0.15) is 4.31 Å². The number of allylic oxidation sites excluding steroid dienone is 1. The minimum Gasteiger partial charge on any atom is -0.504 e. The Balaban J connectivity index is 2.11. The van der Waals surface area contributed by atoms with Crippen LogP contribution in [0.1, 0.15) is 11.1 Å². The van der Waals surface area contributed by atoms with Crippen LogP contribution in [0.25, 0.3) is 0 Å². The van der Waals surface area contributed by atoms with Crippen LogP contribution in [0.4, 0.5) is 0 Å². The number of aromatic hydroxyl groups is 1.